The summed E-state index contributed by atoms with van der Waals surface area (Å²) in [7, 11) is 0. The van der Waals surface area contributed by atoms with Crippen LogP contribution in [-0.4, -0.2) is 64.5 Å². The molecule has 1 aromatic carbocycles. The third-order valence-corrected chi connectivity index (χ3v) is 6.61. The number of aromatic amines is 1. The zero-order valence-corrected chi connectivity index (χ0v) is 23.3. The number of benzene rings is 1. The number of carboxylic acid groups (broad SMARTS) is 1. The summed E-state index contributed by atoms with van der Waals surface area (Å²) in [5.41, 5.74) is 13.1. The van der Waals surface area contributed by atoms with Gasteiger partial charge in [-0.2, -0.15) is 0 Å². The molecule has 2 rings (SSSR count). The summed E-state index contributed by atoms with van der Waals surface area (Å²) < 4.78 is 0. The number of para-hydroxylation sites is 1. The number of carbonyl (C=O) groups excluding carboxylic acids is 3. The van der Waals surface area contributed by atoms with Gasteiger partial charge in [0.1, 0.15) is 18.1 Å². The maximum Gasteiger partial charge on any atom is 0.326 e. The van der Waals surface area contributed by atoms with Crippen molar-refractivity contribution in [1.29, 1.82) is 0 Å². The minimum Gasteiger partial charge on any atom is -0.480 e. The van der Waals surface area contributed by atoms with Crippen molar-refractivity contribution in [2.75, 3.05) is 6.54 Å². The molecule has 1 aromatic heterocycles. The van der Waals surface area contributed by atoms with Gasteiger partial charge in [0.25, 0.3) is 0 Å². The van der Waals surface area contributed by atoms with Gasteiger partial charge in [-0.15, -0.1) is 0 Å². The van der Waals surface area contributed by atoms with Gasteiger partial charge in [0.2, 0.25) is 17.7 Å². The third kappa shape index (κ3) is 9.67. The average molecular weight is 545 g/mol. The number of nitrogens with two attached hydrogens (primary N) is 2. The van der Waals surface area contributed by atoms with Gasteiger partial charge in [0.05, 0.1) is 6.04 Å². The maximum atomic E-state index is 13.3. The predicted octanol–water partition coefficient (Wildman–Crippen LogP) is 1.41. The first kappa shape index (κ1) is 31.8. The van der Waals surface area contributed by atoms with E-state index in [0.717, 1.165) is 22.9 Å². The molecule has 0 spiro atoms. The van der Waals surface area contributed by atoms with E-state index < -0.39 is 47.9 Å². The molecule has 11 heteroatoms. The molecule has 0 aliphatic carbocycles. The van der Waals surface area contributed by atoms with E-state index in [1.165, 1.54) is 0 Å². The molecule has 0 saturated heterocycles. The Bertz CT molecular complexity index is 1110. The van der Waals surface area contributed by atoms with Crippen LogP contribution >= 0.6 is 0 Å². The number of aliphatic carboxylic acids is 1. The Hall–Kier alpha value is -3.44. The quantitative estimate of drug-likeness (QED) is 0.155. The van der Waals surface area contributed by atoms with Crippen LogP contribution < -0.4 is 27.4 Å². The molecule has 3 amide bonds. The Kier molecular flexibility index (Phi) is 12.4. The fraction of sp³-hybridized carbons (Fsp3) is 0.571. The van der Waals surface area contributed by atoms with Crippen LogP contribution in [0.4, 0.5) is 0 Å². The summed E-state index contributed by atoms with van der Waals surface area (Å²) in [5.74, 6) is -3.03. The molecule has 9 N–H and O–H groups in total. The van der Waals surface area contributed by atoms with Gasteiger partial charge >= 0.3 is 5.97 Å². The molecule has 216 valence electrons. The largest absolute Gasteiger partial charge is 0.480 e. The van der Waals surface area contributed by atoms with Crippen LogP contribution in [0.3, 0.4) is 0 Å². The van der Waals surface area contributed by atoms with Gasteiger partial charge in [-0.1, -0.05) is 52.3 Å². The highest BCUT2D eigenvalue weighted by atomic mass is 16.4. The van der Waals surface area contributed by atoms with Gasteiger partial charge in [-0.05, 0) is 49.3 Å². The Labute approximate surface area is 229 Å². The van der Waals surface area contributed by atoms with Gasteiger partial charge in [-0.3, -0.25) is 14.4 Å². The minimum atomic E-state index is -1.20. The van der Waals surface area contributed by atoms with E-state index in [0.29, 0.717) is 25.8 Å². The van der Waals surface area contributed by atoms with Crippen molar-refractivity contribution in [2.45, 2.75) is 84.0 Å². The van der Waals surface area contributed by atoms with Crippen LogP contribution in [0.1, 0.15) is 58.9 Å². The predicted molar refractivity (Wildman–Crippen MR) is 151 cm³/mol. The second kappa shape index (κ2) is 15.2. The third-order valence-electron chi connectivity index (χ3n) is 6.61. The lowest BCUT2D eigenvalue weighted by Gasteiger charge is -2.27. The summed E-state index contributed by atoms with van der Waals surface area (Å²) in [5, 5.41) is 18.8. The molecule has 39 heavy (non-hydrogen) atoms. The fourth-order valence-electron chi connectivity index (χ4n) is 4.39. The first-order chi connectivity index (χ1) is 18.4. The number of aromatic nitrogens is 1. The minimum absolute atomic E-state index is 0.0674. The Balaban J connectivity index is 2.11. The van der Waals surface area contributed by atoms with E-state index in [-0.39, 0.29) is 18.3 Å². The van der Waals surface area contributed by atoms with Gasteiger partial charge in [-0.25, -0.2) is 4.79 Å². The van der Waals surface area contributed by atoms with Crippen molar-refractivity contribution in [2.24, 2.45) is 23.3 Å². The number of rotatable bonds is 16. The Morgan fingerprint density at radius 2 is 1.59 bits per heavy atom. The number of hydrogen-bond acceptors (Lipinski definition) is 6. The smallest absolute Gasteiger partial charge is 0.326 e. The van der Waals surface area contributed by atoms with Crippen LogP contribution in [0.15, 0.2) is 30.5 Å². The zero-order valence-electron chi connectivity index (χ0n) is 23.3. The first-order valence-corrected chi connectivity index (χ1v) is 13.6. The van der Waals surface area contributed by atoms with E-state index in [1.54, 1.807) is 20.0 Å². The number of carbonyl (C=O) groups is 4. The van der Waals surface area contributed by atoms with Crippen LogP contribution in [0.25, 0.3) is 10.9 Å². The van der Waals surface area contributed by atoms with Crippen LogP contribution in [-0.2, 0) is 25.6 Å². The molecule has 1 heterocycles. The number of unbranched alkanes of at least 4 members (excludes halogenated alkanes) is 1. The molecule has 0 saturated carbocycles. The number of H-pyrrole nitrogens is 1. The van der Waals surface area contributed by atoms with E-state index in [9.17, 15) is 24.3 Å². The summed E-state index contributed by atoms with van der Waals surface area (Å²) in [6.07, 6.45) is 4.04. The molecule has 4 atom stereocenters. The van der Waals surface area contributed by atoms with Crippen LogP contribution in [0.5, 0.6) is 0 Å². The van der Waals surface area contributed by atoms with E-state index in [1.807, 2.05) is 38.1 Å². The monoisotopic (exact) mass is 544 g/mol. The van der Waals surface area contributed by atoms with Gasteiger partial charge in [0, 0.05) is 23.5 Å². The number of nitrogens with one attached hydrogen (secondary N) is 4. The summed E-state index contributed by atoms with van der Waals surface area (Å²) in [4.78, 5) is 54.3. The van der Waals surface area contributed by atoms with Gasteiger partial charge < -0.3 is 37.5 Å². The second-order valence-corrected chi connectivity index (χ2v) is 10.8. The number of hydrogen-bond donors (Lipinski definition) is 7. The fourth-order valence-corrected chi connectivity index (χ4v) is 4.39. The van der Waals surface area contributed by atoms with E-state index >= 15 is 0 Å². The molecular weight excluding hydrogens is 500 g/mol. The van der Waals surface area contributed by atoms with Crippen molar-refractivity contribution in [1.82, 2.24) is 20.9 Å². The highest BCUT2D eigenvalue weighted by Crippen LogP contribution is 2.19. The lowest BCUT2D eigenvalue weighted by molar-refractivity contribution is -0.142. The average Bonchev–Trinajstić information content (AvgIpc) is 3.28. The molecule has 0 fully saturated rings. The standard InChI is InChI=1S/C28H44N6O5/c1-16(2)13-22(32-25(35)20(30)10-7-8-12-29)26(36)34-24(17(3)4)27(37)33-23(28(38)39)14-18-15-31-21-11-6-5-9-19(18)21/h5-6,9,11,15-17,20,22-24,31H,7-8,10,12-14,29-30H2,1-4H3,(H,32,35)(H,33,37)(H,34,36)(H,38,39). The maximum absolute atomic E-state index is 13.3. The molecule has 2 aromatic rings. The summed E-state index contributed by atoms with van der Waals surface area (Å²) in [6, 6.07) is 3.62. The topological polar surface area (TPSA) is 192 Å². The highest BCUT2D eigenvalue weighted by molar-refractivity contribution is 5.94. The Morgan fingerprint density at radius 1 is 0.923 bits per heavy atom. The van der Waals surface area contributed by atoms with Crippen LogP contribution in [0.2, 0.25) is 0 Å². The van der Waals surface area contributed by atoms with Gasteiger partial charge in [0.15, 0.2) is 0 Å². The molecule has 11 nitrogen and oxygen atoms in total. The molecule has 0 aliphatic heterocycles. The normalized spacial score (nSPS) is 14.6. The molecular formula is C28H44N6O5. The Morgan fingerprint density at radius 3 is 2.21 bits per heavy atom. The van der Waals surface area contributed by atoms with Crippen LogP contribution in [0, 0.1) is 11.8 Å². The molecule has 4 unspecified atom stereocenters. The highest BCUT2D eigenvalue weighted by Gasteiger charge is 2.32. The summed E-state index contributed by atoms with van der Waals surface area (Å²) in [6.45, 7) is 7.85. The van der Waals surface area contributed by atoms with Crippen molar-refractivity contribution in [3.8, 4) is 0 Å². The number of amides is 3. The van der Waals surface area contributed by atoms with Crippen molar-refractivity contribution in [3.63, 3.8) is 0 Å². The second-order valence-electron chi connectivity index (χ2n) is 10.8. The molecule has 0 aliphatic rings. The first-order valence-electron chi connectivity index (χ1n) is 13.6. The molecule has 0 radical (unpaired) electrons. The van der Waals surface area contributed by atoms with Crippen molar-refractivity contribution < 1.29 is 24.3 Å². The molecule has 0 bridgehead atoms. The lowest BCUT2D eigenvalue weighted by Crippen LogP contribution is -2.58. The zero-order chi connectivity index (χ0) is 29.1. The SMILES string of the molecule is CC(C)CC(NC(=O)C(N)CCCCN)C(=O)NC(C(=O)NC(Cc1c[nH]c2ccccc12)C(=O)O)C(C)C. The van der Waals surface area contributed by atoms with Crippen molar-refractivity contribution in [3.05, 3.63) is 36.0 Å². The van der Waals surface area contributed by atoms with Crippen molar-refractivity contribution >= 4 is 34.6 Å². The summed E-state index contributed by atoms with van der Waals surface area (Å²) >= 11 is 0. The lowest BCUT2D eigenvalue weighted by atomic mass is 9.98. The van der Waals surface area contributed by atoms with E-state index in [4.69, 9.17) is 11.5 Å². The number of fused-ring (bicyclic) bond motifs is 1. The number of carboxylic acids is 1. The van der Waals surface area contributed by atoms with E-state index in [2.05, 4.69) is 20.9 Å².